The van der Waals surface area contributed by atoms with Gasteiger partial charge in [-0.05, 0) is 18.2 Å². The monoisotopic (exact) mass is 319 g/mol. The Morgan fingerprint density at radius 2 is 2.21 bits per heavy atom. The van der Waals surface area contributed by atoms with Crippen LogP contribution in [-0.4, -0.2) is 16.5 Å². The van der Waals surface area contributed by atoms with Gasteiger partial charge in [-0.15, -0.1) is 0 Å². The number of nitrogens with zero attached hydrogens (tertiary/aromatic N) is 2. The van der Waals surface area contributed by atoms with E-state index in [-0.39, 0.29) is 0 Å². The van der Waals surface area contributed by atoms with Crippen molar-refractivity contribution in [3.63, 3.8) is 0 Å². The zero-order valence-electron chi connectivity index (χ0n) is 10.3. The van der Waals surface area contributed by atoms with Crippen LogP contribution in [0.1, 0.15) is 11.3 Å². The van der Waals surface area contributed by atoms with E-state index in [1.54, 1.807) is 0 Å². The average molecular weight is 320 g/mol. The van der Waals surface area contributed by atoms with Crippen molar-refractivity contribution in [2.45, 2.75) is 13.0 Å². The zero-order valence-corrected chi connectivity index (χ0v) is 11.9. The molecule has 1 aromatic heterocycles. The molecule has 0 bridgehead atoms. The average Bonchev–Trinajstić information content (AvgIpc) is 2.38. The predicted octanol–water partition coefficient (Wildman–Crippen LogP) is 2.21. The second kappa shape index (κ2) is 5.14. The molecule has 5 nitrogen and oxygen atoms in total. The summed E-state index contributed by atoms with van der Waals surface area (Å²) >= 11 is 3.46. The van der Waals surface area contributed by atoms with Crippen molar-refractivity contribution in [3.05, 3.63) is 40.0 Å². The molecule has 19 heavy (non-hydrogen) atoms. The molecular weight excluding hydrogens is 306 g/mol. The Hall–Kier alpha value is -1.66. The molecule has 6 heteroatoms. The molecule has 0 saturated carbocycles. The maximum atomic E-state index is 5.77. The molecule has 2 heterocycles. The second-order valence-electron chi connectivity index (χ2n) is 4.42. The summed E-state index contributed by atoms with van der Waals surface area (Å²) in [6.45, 7) is 1.70. The van der Waals surface area contributed by atoms with Gasteiger partial charge in [0.15, 0.2) is 0 Å². The van der Waals surface area contributed by atoms with Crippen LogP contribution in [0.4, 0.5) is 17.5 Å². The van der Waals surface area contributed by atoms with Crippen molar-refractivity contribution in [3.8, 4) is 0 Å². The van der Waals surface area contributed by atoms with E-state index in [1.807, 2.05) is 24.3 Å². The van der Waals surface area contributed by atoms with Crippen molar-refractivity contribution in [1.29, 1.82) is 0 Å². The molecule has 1 aromatic carbocycles. The lowest BCUT2D eigenvalue weighted by Crippen LogP contribution is -2.26. The summed E-state index contributed by atoms with van der Waals surface area (Å²) in [7, 11) is 0. The maximum absolute atomic E-state index is 5.77. The molecule has 1 aliphatic rings. The molecule has 3 rings (SSSR count). The lowest BCUT2D eigenvalue weighted by Gasteiger charge is -2.20. The van der Waals surface area contributed by atoms with Gasteiger partial charge in [-0.2, -0.15) is 4.98 Å². The third-order valence-electron chi connectivity index (χ3n) is 3.04. The normalized spacial score (nSPS) is 13.9. The van der Waals surface area contributed by atoms with E-state index in [0.29, 0.717) is 5.95 Å². The number of hydrogen-bond donors (Lipinski definition) is 3. The molecule has 0 amide bonds. The fourth-order valence-electron chi connectivity index (χ4n) is 2.17. The van der Waals surface area contributed by atoms with Crippen molar-refractivity contribution in [2.24, 2.45) is 0 Å². The Bertz CT molecular complexity index is 614. The quantitative estimate of drug-likeness (QED) is 0.791. The van der Waals surface area contributed by atoms with Crippen molar-refractivity contribution < 1.29 is 0 Å². The summed E-state index contributed by atoms with van der Waals surface area (Å²) in [6, 6.07) is 7.95. The Morgan fingerprint density at radius 3 is 3.05 bits per heavy atom. The van der Waals surface area contributed by atoms with Gasteiger partial charge in [0.05, 0.1) is 5.69 Å². The largest absolute Gasteiger partial charge is 0.368 e. The highest BCUT2D eigenvalue weighted by Crippen LogP contribution is 2.25. The van der Waals surface area contributed by atoms with E-state index in [0.717, 1.165) is 46.7 Å². The summed E-state index contributed by atoms with van der Waals surface area (Å²) in [5.41, 5.74) is 8.88. The van der Waals surface area contributed by atoms with Crippen LogP contribution in [-0.2, 0) is 13.0 Å². The SMILES string of the molecule is Nc1nc2c(c(Nc3cccc(Br)c3)n1)CNCC2. The van der Waals surface area contributed by atoms with E-state index >= 15 is 0 Å². The maximum Gasteiger partial charge on any atom is 0.222 e. The van der Waals surface area contributed by atoms with Gasteiger partial charge in [0, 0.05) is 35.2 Å². The van der Waals surface area contributed by atoms with Gasteiger partial charge >= 0.3 is 0 Å². The van der Waals surface area contributed by atoms with Gasteiger partial charge in [0.2, 0.25) is 5.95 Å². The highest BCUT2D eigenvalue weighted by atomic mass is 79.9. The number of nitrogen functional groups attached to an aromatic ring is 1. The molecule has 0 atom stereocenters. The topological polar surface area (TPSA) is 75.9 Å². The van der Waals surface area contributed by atoms with E-state index in [1.165, 1.54) is 0 Å². The minimum absolute atomic E-state index is 0.318. The number of nitrogens with one attached hydrogen (secondary N) is 2. The summed E-state index contributed by atoms with van der Waals surface area (Å²) in [4.78, 5) is 8.62. The third-order valence-corrected chi connectivity index (χ3v) is 3.53. The van der Waals surface area contributed by atoms with Crippen molar-refractivity contribution >= 4 is 33.4 Å². The van der Waals surface area contributed by atoms with Crippen LogP contribution < -0.4 is 16.4 Å². The van der Waals surface area contributed by atoms with Gasteiger partial charge in [-0.1, -0.05) is 22.0 Å². The van der Waals surface area contributed by atoms with Gasteiger partial charge in [0.1, 0.15) is 5.82 Å². The standard InChI is InChI=1S/C13H14BrN5/c14-8-2-1-3-9(6-8)17-12-10-7-16-5-4-11(10)18-13(15)19-12/h1-3,6,16H,4-5,7H2,(H3,15,17,18,19). The molecule has 0 saturated heterocycles. The lowest BCUT2D eigenvalue weighted by molar-refractivity contribution is 0.629. The molecule has 0 radical (unpaired) electrons. The van der Waals surface area contributed by atoms with E-state index in [4.69, 9.17) is 5.73 Å². The number of halogens is 1. The second-order valence-corrected chi connectivity index (χ2v) is 5.33. The number of fused-ring (bicyclic) bond motifs is 1. The number of benzene rings is 1. The Morgan fingerprint density at radius 1 is 1.32 bits per heavy atom. The van der Waals surface area contributed by atoms with Crippen LogP contribution in [0, 0.1) is 0 Å². The minimum Gasteiger partial charge on any atom is -0.368 e. The van der Waals surface area contributed by atoms with Crippen LogP contribution >= 0.6 is 15.9 Å². The number of hydrogen-bond acceptors (Lipinski definition) is 5. The van der Waals surface area contributed by atoms with Crippen LogP contribution in [0.25, 0.3) is 0 Å². The van der Waals surface area contributed by atoms with Crippen LogP contribution in [0.15, 0.2) is 28.7 Å². The first-order valence-corrected chi connectivity index (χ1v) is 6.90. The first-order valence-electron chi connectivity index (χ1n) is 6.11. The summed E-state index contributed by atoms with van der Waals surface area (Å²) in [5.74, 6) is 1.10. The Balaban J connectivity index is 1.98. The van der Waals surface area contributed by atoms with Gasteiger partial charge in [0.25, 0.3) is 0 Å². The molecular formula is C13H14BrN5. The molecule has 0 fully saturated rings. The smallest absolute Gasteiger partial charge is 0.222 e. The van der Waals surface area contributed by atoms with Gasteiger partial charge < -0.3 is 16.4 Å². The number of nitrogens with two attached hydrogens (primary N) is 1. The number of rotatable bonds is 2. The lowest BCUT2D eigenvalue weighted by atomic mass is 10.1. The third kappa shape index (κ3) is 2.69. The Labute approximate surface area is 119 Å². The number of aromatic nitrogens is 2. The van der Waals surface area contributed by atoms with E-state index < -0.39 is 0 Å². The summed E-state index contributed by atoms with van der Waals surface area (Å²) in [6.07, 6.45) is 0.884. The van der Waals surface area contributed by atoms with Gasteiger partial charge in [-0.3, -0.25) is 0 Å². The zero-order chi connectivity index (χ0) is 13.2. The first-order chi connectivity index (χ1) is 9.22. The molecule has 0 unspecified atom stereocenters. The fraction of sp³-hybridized carbons (Fsp3) is 0.231. The predicted molar refractivity (Wildman–Crippen MR) is 79.3 cm³/mol. The molecule has 0 spiro atoms. The van der Waals surface area contributed by atoms with Crippen molar-refractivity contribution in [1.82, 2.24) is 15.3 Å². The van der Waals surface area contributed by atoms with Crippen molar-refractivity contribution in [2.75, 3.05) is 17.6 Å². The van der Waals surface area contributed by atoms with E-state index in [9.17, 15) is 0 Å². The van der Waals surface area contributed by atoms with Crippen LogP contribution in [0.3, 0.4) is 0 Å². The Kier molecular flexibility index (Phi) is 3.35. The molecule has 0 aliphatic carbocycles. The highest BCUT2D eigenvalue weighted by Gasteiger charge is 2.16. The summed E-state index contributed by atoms with van der Waals surface area (Å²) in [5, 5.41) is 6.64. The highest BCUT2D eigenvalue weighted by molar-refractivity contribution is 9.10. The first kappa shape index (κ1) is 12.4. The summed E-state index contributed by atoms with van der Waals surface area (Å²) < 4.78 is 1.02. The van der Waals surface area contributed by atoms with Crippen LogP contribution in [0.5, 0.6) is 0 Å². The van der Waals surface area contributed by atoms with Gasteiger partial charge in [-0.25, -0.2) is 4.98 Å². The molecule has 98 valence electrons. The fourth-order valence-corrected chi connectivity index (χ4v) is 2.57. The molecule has 2 aromatic rings. The van der Waals surface area contributed by atoms with E-state index in [2.05, 4.69) is 36.5 Å². The molecule has 1 aliphatic heterocycles. The van der Waals surface area contributed by atoms with Crippen LogP contribution in [0.2, 0.25) is 0 Å². The minimum atomic E-state index is 0.318. The molecule has 4 N–H and O–H groups in total. The number of anilines is 3.